The molecule has 0 saturated heterocycles. The number of aromatic amines is 1. The maximum absolute atomic E-state index is 12.1. The number of esters is 1. The molecule has 2 aromatic heterocycles. The van der Waals surface area contributed by atoms with Gasteiger partial charge in [0, 0.05) is 22.8 Å². The van der Waals surface area contributed by atoms with Crippen molar-refractivity contribution in [2.24, 2.45) is 0 Å². The first kappa shape index (κ1) is 16.3. The molecule has 6 nitrogen and oxygen atoms in total. The number of carbonyl (C=O) groups is 2. The molecule has 0 aliphatic rings. The second-order valence-electron chi connectivity index (χ2n) is 4.85. The van der Waals surface area contributed by atoms with Crippen LogP contribution in [0.25, 0.3) is 11.0 Å². The molecule has 2 heterocycles. The number of benzene rings is 1. The van der Waals surface area contributed by atoms with Gasteiger partial charge in [0.05, 0.1) is 16.3 Å². The molecule has 1 amide bonds. The molecule has 0 atom stereocenters. The quantitative estimate of drug-likeness (QED) is 0.692. The van der Waals surface area contributed by atoms with Gasteiger partial charge in [-0.1, -0.05) is 23.2 Å². The van der Waals surface area contributed by atoms with E-state index in [2.05, 4.69) is 15.3 Å². The lowest BCUT2D eigenvalue weighted by Crippen LogP contribution is -2.21. The number of rotatable bonds is 4. The molecule has 3 rings (SSSR count). The Morgan fingerprint density at radius 1 is 1.21 bits per heavy atom. The summed E-state index contributed by atoms with van der Waals surface area (Å²) in [6, 6.07) is 7.92. The van der Waals surface area contributed by atoms with Crippen molar-refractivity contribution >= 4 is 51.8 Å². The van der Waals surface area contributed by atoms with Crippen molar-refractivity contribution in [2.45, 2.75) is 0 Å². The molecule has 122 valence electrons. The average molecular weight is 364 g/mol. The van der Waals surface area contributed by atoms with Crippen molar-refractivity contribution in [3.63, 3.8) is 0 Å². The molecule has 0 saturated carbocycles. The zero-order chi connectivity index (χ0) is 17.1. The molecule has 0 bridgehead atoms. The van der Waals surface area contributed by atoms with Crippen LogP contribution < -0.4 is 5.32 Å². The number of nitrogens with one attached hydrogen (secondary N) is 2. The average Bonchev–Trinajstić information content (AvgIpc) is 3.04. The SMILES string of the molecule is O=C(COC(=O)c1ccnc2[nH]ccc12)Nc1cc(Cl)ccc1Cl. The predicted molar refractivity (Wildman–Crippen MR) is 91.5 cm³/mol. The lowest BCUT2D eigenvalue weighted by Gasteiger charge is -2.08. The number of H-pyrrole nitrogens is 1. The second-order valence-corrected chi connectivity index (χ2v) is 5.69. The molecular formula is C16H11Cl2N3O3. The summed E-state index contributed by atoms with van der Waals surface area (Å²) in [4.78, 5) is 31.0. The van der Waals surface area contributed by atoms with E-state index in [4.69, 9.17) is 27.9 Å². The number of halogens is 2. The van der Waals surface area contributed by atoms with E-state index >= 15 is 0 Å². The Balaban J connectivity index is 1.65. The Morgan fingerprint density at radius 3 is 2.88 bits per heavy atom. The first-order chi connectivity index (χ1) is 11.5. The summed E-state index contributed by atoms with van der Waals surface area (Å²) >= 11 is 11.8. The summed E-state index contributed by atoms with van der Waals surface area (Å²) in [5.74, 6) is -1.14. The van der Waals surface area contributed by atoms with Gasteiger partial charge < -0.3 is 15.0 Å². The van der Waals surface area contributed by atoms with Crippen LogP contribution in [-0.2, 0) is 9.53 Å². The third-order valence-electron chi connectivity index (χ3n) is 3.22. The normalized spacial score (nSPS) is 10.6. The lowest BCUT2D eigenvalue weighted by atomic mass is 10.2. The van der Waals surface area contributed by atoms with Crippen LogP contribution in [0.15, 0.2) is 42.7 Å². The first-order valence-electron chi connectivity index (χ1n) is 6.89. The minimum Gasteiger partial charge on any atom is -0.452 e. The molecule has 0 fully saturated rings. The maximum atomic E-state index is 12.1. The van der Waals surface area contributed by atoms with E-state index in [9.17, 15) is 9.59 Å². The van der Waals surface area contributed by atoms with Gasteiger partial charge >= 0.3 is 5.97 Å². The van der Waals surface area contributed by atoms with Crippen LogP contribution in [-0.4, -0.2) is 28.5 Å². The van der Waals surface area contributed by atoms with Gasteiger partial charge in [-0.25, -0.2) is 9.78 Å². The van der Waals surface area contributed by atoms with Crippen LogP contribution in [0.2, 0.25) is 10.0 Å². The van der Waals surface area contributed by atoms with Crippen LogP contribution in [0.1, 0.15) is 10.4 Å². The van der Waals surface area contributed by atoms with Gasteiger partial charge in [0.1, 0.15) is 5.65 Å². The Bertz CT molecular complexity index is 924. The Labute approximate surface area is 146 Å². The highest BCUT2D eigenvalue weighted by atomic mass is 35.5. The minimum absolute atomic E-state index is 0.329. The number of hydrogen-bond acceptors (Lipinski definition) is 4. The van der Waals surface area contributed by atoms with E-state index in [1.165, 1.54) is 18.3 Å². The summed E-state index contributed by atoms with van der Waals surface area (Å²) in [5.41, 5.74) is 1.25. The molecule has 2 N–H and O–H groups in total. The number of amides is 1. The fourth-order valence-corrected chi connectivity index (χ4v) is 2.46. The van der Waals surface area contributed by atoms with Crippen LogP contribution in [0, 0.1) is 0 Å². The molecule has 0 radical (unpaired) electrons. The fraction of sp³-hybridized carbons (Fsp3) is 0.0625. The molecule has 3 aromatic rings. The van der Waals surface area contributed by atoms with E-state index in [0.29, 0.717) is 32.3 Å². The number of anilines is 1. The second kappa shape index (κ2) is 6.90. The van der Waals surface area contributed by atoms with Crippen LogP contribution in [0.5, 0.6) is 0 Å². The van der Waals surface area contributed by atoms with E-state index < -0.39 is 18.5 Å². The molecule has 0 spiro atoms. The summed E-state index contributed by atoms with van der Waals surface area (Å²) in [5, 5.41) is 3.93. The molecule has 8 heteroatoms. The van der Waals surface area contributed by atoms with Gasteiger partial charge in [0.15, 0.2) is 6.61 Å². The molecule has 1 aromatic carbocycles. The van der Waals surface area contributed by atoms with E-state index in [1.807, 2.05) is 0 Å². The van der Waals surface area contributed by atoms with Crippen LogP contribution in [0.4, 0.5) is 5.69 Å². The largest absolute Gasteiger partial charge is 0.452 e. The van der Waals surface area contributed by atoms with Gasteiger partial charge in [-0.3, -0.25) is 4.79 Å². The molecular weight excluding hydrogens is 353 g/mol. The minimum atomic E-state index is -0.616. The fourth-order valence-electron chi connectivity index (χ4n) is 2.13. The molecule has 24 heavy (non-hydrogen) atoms. The number of ether oxygens (including phenoxy) is 1. The first-order valence-corrected chi connectivity index (χ1v) is 7.64. The summed E-state index contributed by atoms with van der Waals surface area (Å²) in [6.07, 6.45) is 3.16. The van der Waals surface area contributed by atoms with E-state index in [1.54, 1.807) is 24.4 Å². The highest BCUT2D eigenvalue weighted by Gasteiger charge is 2.15. The molecule has 0 unspecified atom stereocenters. The maximum Gasteiger partial charge on any atom is 0.339 e. The van der Waals surface area contributed by atoms with Crippen molar-refractivity contribution in [2.75, 3.05) is 11.9 Å². The van der Waals surface area contributed by atoms with Crippen molar-refractivity contribution < 1.29 is 14.3 Å². The third-order valence-corrected chi connectivity index (χ3v) is 3.78. The van der Waals surface area contributed by atoms with Gasteiger partial charge in [-0.2, -0.15) is 0 Å². The van der Waals surface area contributed by atoms with Crippen molar-refractivity contribution in [3.05, 3.63) is 58.3 Å². The zero-order valence-electron chi connectivity index (χ0n) is 12.2. The van der Waals surface area contributed by atoms with E-state index in [0.717, 1.165) is 0 Å². The monoisotopic (exact) mass is 363 g/mol. The number of hydrogen-bond donors (Lipinski definition) is 2. The Hall–Kier alpha value is -2.57. The highest BCUT2D eigenvalue weighted by Crippen LogP contribution is 2.25. The van der Waals surface area contributed by atoms with Crippen LogP contribution >= 0.6 is 23.2 Å². The standard InChI is InChI=1S/C16H11Cl2N3O3/c17-9-1-2-12(18)13(7-9)21-14(22)8-24-16(23)11-4-6-20-15-10(11)3-5-19-15/h1-7H,8H2,(H,19,20)(H,21,22). The topological polar surface area (TPSA) is 84.1 Å². The van der Waals surface area contributed by atoms with Crippen molar-refractivity contribution in [1.82, 2.24) is 9.97 Å². The smallest absolute Gasteiger partial charge is 0.339 e. The van der Waals surface area contributed by atoms with Crippen LogP contribution in [0.3, 0.4) is 0 Å². The Morgan fingerprint density at radius 2 is 2.04 bits per heavy atom. The number of pyridine rings is 1. The van der Waals surface area contributed by atoms with Gasteiger partial charge in [0.25, 0.3) is 5.91 Å². The Kier molecular flexibility index (Phi) is 4.69. The number of aromatic nitrogens is 2. The predicted octanol–water partition coefficient (Wildman–Crippen LogP) is 3.67. The lowest BCUT2D eigenvalue weighted by molar-refractivity contribution is -0.119. The van der Waals surface area contributed by atoms with Gasteiger partial charge in [-0.05, 0) is 30.3 Å². The van der Waals surface area contributed by atoms with E-state index in [-0.39, 0.29) is 0 Å². The summed E-state index contributed by atoms with van der Waals surface area (Å²) in [6.45, 7) is -0.448. The summed E-state index contributed by atoms with van der Waals surface area (Å²) in [7, 11) is 0. The zero-order valence-corrected chi connectivity index (χ0v) is 13.7. The third kappa shape index (κ3) is 3.50. The summed E-state index contributed by atoms with van der Waals surface area (Å²) < 4.78 is 5.04. The molecule has 0 aliphatic heterocycles. The number of nitrogens with zero attached hydrogens (tertiary/aromatic N) is 1. The van der Waals surface area contributed by atoms with Gasteiger partial charge in [0.2, 0.25) is 0 Å². The highest BCUT2D eigenvalue weighted by molar-refractivity contribution is 6.35. The van der Waals surface area contributed by atoms with Gasteiger partial charge in [-0.15, -0.1) is 0 Å². The van der Waals surface area contributed by atoms with Crippen molar-refractivity contribution in [1.29, 1.82) is 0 Å². The number of fused-ring (bicyclic) bond motifs is 1. The number of carbonyl (C=O) groups excluding carboxylic acids is 2. The van der Waals surface area contributed by atoms with Crippen molar-refractivity contribution in [3.8, 4) is 0 Å². The molecule has 0 aliphatic carbocycles.